The predicted molar refractivity (Wildman–Crippen MR) is 98.1 cm³/mol. The van der Waals surface area contributed by atoms with E-state index in [1.54, 1.807) is 6.92 Å². The average molecular weight is 386 g/mol. The Balaban J connectivity index is 0. The maximum atomic E-state index is 11.0. The number of aromatic nitrogens is 4. The van der Waals surface area contributed by atoms with Crippen molar-refractivity contribution in [3.8, 4) is 0 Å². The number of carbonyl (C=O) groups is 1. The molecule has 0 saturated carbocycles. The molecule has 0 aromatic carbocycles. The van der Waals surface area contributed by atoms with Crippen LogP contribution in [0.2, 0.25) is 0 Å². The average Bonchev–Trinajstić information content (AvgIpc) is 3.29. The summed E-state index contributed by atoms with van der Waals surface area (Å²) in [5, 5.41) is 29.7. The number of nitro groups is 2. The highest BCUT2D eigenvalue weighted by Gasteiger charge is 2.09. The Morgan fingerprint density at radius 3 is 2.26 bits per heavy atom. The molecular formula is C15H26N6O6. The Morgan fingerprint density at radius 1 is 1.22 bits per heavy atom. The molecular weight excluding hydrogens is 360 g/mol. The molecule has 0 saturated heterocycles. The van der Waals surface area contributed by atoms with E-state index < -0.39 is 9.85 Å². The fourth-order valence-electron chi connectivity index (χ4n) is 1.53. The summed E-state index contributed by atoms with van der Waals surface area (Å²) in [4.78, 5) is 30.1. The molecule has 0 unspecified atom stereocenters. The van der Waals surface area contributed by atoms with Gasteiger partial charge in [0.15, 0.2) is 0 Å². The fourth-order valence-corrected chi connectivity index (χ4v) is 1.53. The highest BCUT2D eigenvalue weighted by Crippen LogP contribution is 2.08. The van der Waals surface area contributed by atoms with Gasteiger partial charge in [0, 0.05) is 13.0 Å². The molecule has 2 heterocycles. The second-order valence-corrected chi connectivity index (χ2v) is 4.34. The monoisotopic (exact) mass is 386 g/mol. The zero-order valence-electron chi connectivity index (χ0n) is 14.8. The van der Waals surface area contributed by atoms with E-state index in [1.165, 1.54) is 23.3 Å². The van der Waals surface area contributed by atoms with Crippen molar-refractivity contribution in [3.05, 3.63) is 45.0 Å². The summed E-state index contributed by atoms with van der Waals surface area (Å²) in [5.41, 5.74) is -0.0545. The van der Waals surface area contributed by atoms with E-state index in [0.717, 1.165) is 6.20 Å². The molecule has 0 aliphatic heterocycles. The molecule has 0 fully saturated rings. The topological polar surface area (TPSA) is 159 Å². The molecule has 2 rings (SSSR count). The van der Waals surface area contributed by atoms with Crippen LogP contribution in [0.1, 0.15) is 41.0 Å². The molecule has 0 amide bonds. The molecule has 0 aliphatic rings. The van der Waals surface area contributed by atoms with Crippen molar-refractivity contribution in [1.29, 1.82) is 0 Å². The maximum absolute atomic E-state index is 11.0. The lowest BCUT2D eigenvalue weighted by molar-refractivity contribution is -0.385. The van der Waals surface area contributed by atoms with Crippen LogP contribution >= 0.6 is 0 Å². The molecule has 0 aliphatic carbocycles. The van der Waals surface area contributed by atoms with Crippen LogP contribution < -0.4 is 0 Å². The van der Waals surface area contributed by atoms with Gasteiger partial charge in [0.1, 0.15) is 18.6 Å². The van der Waals surface area contributed by atoms with E-state index in [4.69, 9.17) is 4.74 Å². The van der Waals surface area contributed by atoms with E-state index in [9.17, 15) is 25.0 Å². The third-order valence-electron chi connectivity index (χ3n) is 2.60. The van der Waals surface area contributed by atoms with Crippen molar-refractivity contribution in [3.63, 3.8) is 0 Å². The first-order valence-electron chi connectivity index (χ1n) is 7.89. The minimum atomic E-state index is -0.510. The van der Waals surface area contributed by atoms with Crippen molar-refractivity contribution in [2.24, 2.45) is 0 Å². The largest absolute Gasteiger partial charge is 0.466 e. The van der Waals surface area contributed by atoms with Crippen LogP contribution in [0.15, 0.2) is 24.8 Å². The van der Waals surface area contributed by atoms with Crippen molar-refractivity contribution in [1.82, 2.24) is 20.0 Å². The minimum Gasteiger partial charge on any atom is -0.466 e. The second-order valence-electron chi connectivity index (χ2n) is 4.34. The fraction of sp³-hybridized carbons (Fsp3) is 0.533. The van der Waals surface area contributed by atoms with Gasteiger partial charge in [-0.05, 0) is 13.3 Å². The van der Waals surface area contributed by atoms with Crippen molar-refractivity contribution in [2.75, 3.05) is 6.61 Å². The highest BCUT2D eigenvalue weighted by molar-refractivity contribution is 5.69. The van der Waals surface area contributed by atoms with Gasteiger partial charge >= 0.3 is 17.3 Å². The molecule has 12 heteroatoms. The summed E-state index contributed by atoms with van der Waals surface area (Å²) in [6.45, 7) is 6.58. The molecule has 2 aromatic rings. The lowest BCUT2D eigenvalue weighted by Gasteiger charge is -2.01. The van der Waals surface area contributed by atoms with Gasteiger partial charge in [0.05, 0.1) is 22.7 Å². The third-order valence-corrected chi connectivity index (χ3v) is 2.60. The first-order valence-corrected chi connectivity index (χ1v) is 7.89. The zero-order valence-corrected chi connectivity index (χ0v) is 14.8. The number of hydrogen-bond donors (Lipinski definition) is 1. The summed E-state index contributed by atoms with van der Waals surface area (Å²) in [6.07, 6.45) is 5.74. The highest BCUT2D eigenvalue weighted by atomic mass is 16.6. The molecule has 0 atom stereocenters. The van der Waals surface area contributed by atoms with Crippen LogP contribution in [0.5, 0.6) is 0 Å². The van der Waals surface area contributed by atoms with Crippen molar-refractivity contribution < 1.29 is 19.4 Å². The Bertz CT molecular complexity index is 670. The minimum absolute atomic E-state index is 0. The van der Waals surface area contributed by atoms with Gasteiger partial charge < -0.3 is 4.74 Å². The zero-order chi connectivity index (χ0) is 19.9. The number of ether oxygens (including phenoxy) is 1. The van der Waals surface area contributed by atoms with Crippen LogP contribution in [0, 0.1) is 20.2 Å². The second kappa shape index (κ2) is 15.0. The van der Waals surface area contributed by atoms with E-state index in [0.29, 0.717) is 26.0 Å². The van der Waals surface area contributed by atoms with Gasteiger partial charge in [-0.3, -0.25) is 34.8 Å². The number of aromatic amines is 1. The first kappa shape index (κ1) is 25.9. The van der Waals surface area contributed by atoms with Gasteiger partial charge in [-0.15, -0.1) is 0 Å². The van der Waals surface area contributed by atoms with Crippen LogP contribution in [0.25, 0.3) is 0 Å². The molecule has 152 valence electrons. The quantitative estimate of drug-likeness (QED) is 0.431. The Hall–Kier alpha value is -3.31. The van der Waals surface area contributed by atoms with Crippen molar-refractivity contribution in [2.45, 2.75) is 47.6 Å². The summed E-state index contributed by atoms with van der Waals surface area (Å²) >= 11 is 0. The van der Waals surface area contributed by atoms with Crippen LogP contribution in [-0.2, 0) is 16.1 Å². The lowest BCUT2D eigenvalue weighted by atomic mass is 10.3. The van der Waals surface area contributed by atoms with Crippen LogP contribution in [-0.4, -0.2) is 42.4 Å². The summed E-state index contributed by atoms with van der Waals surface area (Å²) in [5.74, 6) is -0.260. The molecule has 0 spiro atoms. The molecule has 0 radical (unpaired) electrons. The Labute approximate surface area is 156 Å². The Morgan fingerprint density at radius 2 is 1.85 bits per heavy atom. The van der Waals surface area contributed by atoms with E-state index in [1.807, 2.05) is 13.8 Å². The number of nitrogens with zero attached hydrogens (tertiary/aromatic N) is 5. The number of esters is 1. The molecule has 2 aromatic heterocycles. The van der Waals surface area contributed by atoms with E-state index >= 15 is 0 Å². The summed E-state index contributed by atoms with van der Waals surface area (Å²) in [7, 11) is 0. The Kier molecular flexibility index (Phi) is 14.4. The molecule has 0 bridgehead atoms. The predicted octanol–water partition coefficient (Wildman–Crippen LogP) is 3.11. The van der Waals surface area contributed by atoms with Gasteiger partial charge in [-0.25, -0.2) is 0 Å². The van der Waals surface area contributed by atoms with Crippen LogP contribution in [0.4, 0.5) is 11.4 Å². The lowest BCUT2D eigenvalue weighted by Crippen LogP contribution is -2.06. The number of aryl methyl sites for hydroxylation is 1. The van der Waals surface area contributed by atoms with E-state index in [2.05, 4.69) is 15.3 Å². The summed E-state index contributed by atoms with van der Waals surface area (Å²) in [6, 6.07) is 0. The number of carbonyl (C=O) groups excluding carboxylic acids is 1. The van der Waals surface area contributed by atoms with Crippen molar-refractivity contribution >= 4 is 17.3 Å². The molecule has 12 nitrogen and oxygen atoms in total. The first-order chi connectivity index (χ1) is 12.4. The SMILES string of the molecule is C.CC.CCOC(=O)CCCn1cc([N+](=O)[O-])cn1.O=[N+]([O-])c1cn[nH]c1. The third kappa shape index (κ3) is 11.0. The van der Waals surface area contributed by atoms with Gasteiger partial charge in [0.2, 0.25) is 0 Å². The molecule has 1 N–H and O–H groups in total. The van der Waals surface area contributed by atoms with Crippen LogP contribution in [0.3, 0.4) is 0 Å². The van der Waals surface area contributed by atoms with E-state index in [-0.39, 0.29) is 24.8 Å². The number of nitrogens with one attached hydrogen (secondary N) is 1. The molecule has 27 heavy (non-hydrogen) atoms. The van der Waals surface area contributed by atoms with Gasteiger partial charge in [-0.1, -0.05) is 21.3 Å². The normalized spacial score (nSPS) is 8.85. The smallest absolute Gasteiger partial charge is 0.306 e. The van der Waals surface area contributed by atoms with Gasteiger partial charge in [0.25, 0.3) is 0 Å². The van der Waals surface area contributed by atoms with Gasteiger partial charge in [-0.2, -0.15) is 10.2 Å². The summed E-state index contributed by atoms with van der Waals surface area (Å²) < 4.78 is 6.19. The number of H-pyrrole nitrogens is 1. The number of hydrogen-bond acceptors (Lipinski definition) is 8. The standard InChI is InChI=1S/C9H13N3O4.C3H3N3O2.C2H6.CH4/c1-2-16-9(13)4-3-5-11-7-8(6-10-11)12(14)15;7-6(8)3-1-4-5-2-3;1-2;/h6-7H,2-5H2,1H3;1-2H,(H,4,5);1-2H3;1H4. The maximum Gasteiger partial charge on any atom is 0.306 e. The number of rotatable bonds is 7.